The molecular formula is C15H10BrNOS. The Morgan fingerprint density at radius 3 is 2.42 bits per heavy atom. The first-order valence-electron chi connectivity index (χ1n) is 5.75. The van der Waals surface area contributed by atoms with Crippen molar-refractivity contribution in [2.24, 2.45) is 0 Å². The van der Waals surface area contributed by atoms with Crippen molar-refractivity contribution >= 4 is 27.3 Å². The summed E-state index contributed by atoms with van der Waals surface area (Å²) in [5, 5.41) is 2.66. The lowest BCUT2D eigenvalue weighted by atomic mass is 10.2. The van der Waals surface area contributed by atoms with Gasteiger partial charge in [-0.15, -0.1) is 0 Å². The highest BCUT2D eigenvalue weighted by molar-refractivity contribution is 9.10. The van der Waals surface area contributed by atoms with Gasteiger partial charge in [-0.3, -0.25) is 0 Å². The van der Waals surface area contributed by atoms with Gasteiger partial charge in [0.25, 0.3) is 5.19 Å². The van der Waals surface area contributed by atoms with Crippen LogP contribution in [0, 0.1) is 0 Å². The zero-order chi connectivity index (χ0) is 13.1. The summed E-state index contributed by atoms with van der Waals surface area (Å²) >= 11 is 4.90. The van der Waals surface area contributed by atoms with Crippen LogP contribution in [-0.2, 0) is 0 Å². The zero-order valence-electron chi connectivity index (χ0n) is 9.92. The van der Waals surface area contributed by atoms with Crippen molar-refractivity contribution in [3.8, 4) is 22.2 Å². The Hall–Kier alpha value is -1.65. The van der Waals surface area contributed by atoms with Gasteiger partial charge in [0.1, 0.15) is 5.75 Å². The van der Waals surface area contributed by atoms with Gasteiger partial charge >= 0.3 is 0 Å². The number of hydrogen-bond donors (Lipinski definition) is 0. The molecule has 0 aliphatic rings. The molecule has 0 atom stereocenters. The van der Waals surface area contributed by atoms with Crippen LogP contribution < -0.4 is 4.74 Å². The second-order valence-electron chi connectivity index (χ2n) is 3.92. The van der Waals surface area contributed by atoms with E-state index in [1.165, 1.54) is 11.3 Å². The van der Waals surface area contributed by atoms with E-state index in [2.05, 4.69) is 20.9 Å². The van der Waals surface area contributed by atoms with Gasteiger partial charge in [-0.25, -0.2) is 4.98 Å². The second-order valence-corrected chi connectivity index (χ2v) is 5.66. The van der Waals surface area contributed by atoms with Crippen molar-refractivity contribution in [3.63, 3.8) is 0 Å². The minimum atomic E-state index is 0.654. The highest BCUT2D eigenvalue weighted by atomic mass is 79.9. The summed E-state index contributed by atoms with van der Waals surface area (Å²) in [6, 6.07) is 17.8. The first-order valence-corrected chi connectivity index (χ1v) is 7.43. The molecule has 3 aromatic rings. The number of thiazole rings is 1. The lowest BCUT2D eigenvalue weighted by Gasteiger charge is -2.01. The standard InChI is InChI=1S/C15H10BrNOS/c16-12-6-8-13(9-7-12)18-15-17-14(10-19-15)11-4-2-1-3-5-11/h1-10H. The molecule has 2 aromatic carbocycles. The molecular weight excluding hydrogens is 322 g/mol. The molecule has 3 rings (SSSR count). The summed E-state index contributed by atoms with van der Waals surface area (Å²) in [7, 11) is 0. The predicted molar refractivity (Wildman–Crippen MR) is 81.8 cm³/mol. The van der Waals surface area contributed by atoms with Gasteiger partial charge in [-0.05, 0) is 24.3 Å². The van der Waals surface area contributed by atoms with Crippen molar-refractivity contribution in [2.45, 2.75) is 0 Å². The Labute approximate surface area is 123 Å². The van der Waals surface area contributed by atoms with Crippen LogP contribution in [0.5, 0.6) is 10.9 Å². The van der Waals surface area contributed by atoms with Gasteiger partial charge in [-0.1, -0.05) is 57.6 Å². The van der Waals surface area contributed by atoms with Crippen molar-refractivity contribution in [2.75, 3.05) is 0 Å². The Morgan fingerprint density at radius 2 is 1.68 bits per heavy atom. The number of hydrogen-bond acceptors (Lipinski definition) is 3. The van der Waals surface area contributed by atoms with Crippen molar-refractivity contribution in [3.05, 3.63) is 64.5 Å². The molecule has 4 heteroatoms. The molecule has 0 amide bonds. The minimum absolute atomic E-state index is 0.654. The first-order chi connectivity index (χ1) is 9.31. The van der Waals surface area contributed by atoms with Crippen LogP contribution in [0.15, 0.2) is 64.5 Å². The molecule has 0 aliphatic carbocycles. The predicted octanol–water partition coefficient (Wildman–Crippen LogP) is 5.36. The Kier molecular flexibility index (Phi) is 3.62. The molecule has 2 nitrogen and oxygen atoms in total. The molecule has 1 aromatic heterocycles. The average Bonchev–Trinajstić information content (AvgIpc) is 2.91. The van der Waals surface area contributed by atoms with E-state index in [9.17, 15) is 0 Å². The fourth-order valence-electron chi connectivity index (χ4n) is 1.65. The summed E-state index contributed by atoms with van der Waals surface area (Å²) in [6.07, 6.45) is 0. The normalized spacial score (nSPS) is 10.4. The summed E-state index contributed by atoms with van der Waals surface area (Å²) in [5.41, 5.74) is 2.04. The van der Waals surface area contributed by atoms with E-state index in [4.69, 9.17) is 4.74 Å². The minimum Gasteiger partial charge on any atom is -0.431 e. The van der Waals surface area contributed by atoms with Crippen LogP contribution in [-0.4, -0.2) is 4.98 Å². The molecule has 0 aliphatic heterocycles. The van der Waals surface area contributed by atoms with Gasteiger partial charge in [0, 0.05) is 15.4 Å². The average molecular weight is 332 g/mol. The molecule has 1 heterocycles. The number of ether oxygens (including phenoxy) is 1. The monoisotopic (exact) mass is 331 g/mol. The van der Waals surface area contributed by atoms with E-state index in [1.54, 1.807) is 0 Å². The maximum absolute atomic E-state index is 5.72. The zero-order valence-corrected chi connectivity index (χ0v) is 12.3. The van der Waals surface area contributed by atoms with Crippen molar-refractivity contribution < 1.29 is 4.74 Å². The summed E-state index contributed by atoms with van der Waals surface area (Å²) in [6.45, 7) is 0. The molecule has 0 saturated heterocycles. The highest BCUT2D eigenvalue weighted by Crippen LogP contribution is 2.30. The maximum atomic E-state index is 5.72. The summed E-state index contributed by atoms with van der Waals surface area (Å²) < 4.78 is 6.75. The molecule has 0 radical (unpaired) electrons. The molecule has 0 bridgehead atoms. The largest absolute Gasteiger partial charge is 0.431 e. The first kappa shape index (κ1) is 12.4. The van der Waals surface area contributed by atoms with Gasteiger partial charge < -0.3 is 4.74 Å². The number of benzene rings is 2. The smallest absolute Gasteiger partial charge is 0.279 e. The topological polar surface area (TPSA) is 22.1 Å². The maximum Gasteiger partial charge on any atom is 0.279 e. The summed E-state index contributed by atoms with van der Waals surface area (Å²) in [4.78, 5) is 4.48. The third-order valence-electron chi connectivity index (χ3n) is 2.57. The molecule has 94 valence electrons. The second kappa shape index (κ2) is 5.55. The number of rotatable bonds is 3. The Balaban J connectivity index is 1.80. The van der Waals surface area contributed by atoms with Gasteiger partial charge in [0.05, 0.1) is 5.69 Å². The molecule has 0 fully saturated rings. The molecule has 0 saturated carbocycles. The van der Waals surface area contributed by atoms with Crippen molar-refractivity contribution in [1.29, 1.82) is 0 Å². The van der Waals surface area contributed by atoms with E-state index < -0.39 is 0 Å². The number of aromatic nitrogens is 1. The molecule has 0 unspecified atom stereocenters. The third kappa shape index (κ3) is 3.03. The van der Waals surface area contributed by atoms with E-state index >= 15 is 0 Å². The van der Waals surface area contributed by atoms with Gasteiger partial charge in [0.2, 0.25) is 0 Å². The van der Waals surface area contributed by atoms with Crippen LogP contribution in [0.25, 0.3) is 11.3 Å². The van der Waals surface area contributed by atoms with Crippen LogP contribution in [0.1, 0.15) is 0 Å². The third-order valence-corrected chi connectivity index (χ3v) is 3.82. The van der Waals surface area contributed by atoms with Gasteiger partial charge in [0.15, 0.2) is 0 Å². The van der Waals surface area contributed by atoms with Gasteiger partial charge in [-0.2, -0.15) is 0 Å². The summed E-state index contributed by atoms with van der Waals surface area (Å²) in [5.74, 6) is 0.789. The quantitative estimate of drug-likeness (QED) is 0.644. The van der Waals surface area contributed by atoms with E-state index in [0.29, 0.717) is 5.19 Å². The Bertz CT molecular complexity index is 664. The lowest BCUT2D eigenvalue weighted by molar-refractivity contribution is 0.479. The molecule has 19 heavy (non-hydrogen) atoms. The SMILES string of the molecule is Brc1ccc(Oc2nc(-c3ccccc3)cs2)cc1. The van der Waals surface area contributed by atoms with Crippen LogP contribution >= 0.6 is 27.3 Å². The number of nitrogens with zero attached hydrogens (tertiary/aromatic N) is 1. The van der Waals surface area contributed by atoms with Crippen LogP contribution in [0.4, 0.5) is 0 Å². The van der Waals surface area contributed by atoms with E-state index in [0.717, 1.165) is 21.5 Å². The van der Waals surface area contributed by atoms with Crippen molar-refractivity contribution in [1.82, 2.24) is 4.98 Å². The number of halogens is 1. The molecule has 0 N–H and O–H groups in total. The lowest BCUT2D eigenvalue weighted by Crippen LogP contribution is -1.83. The fraction of sp³-hybridized carbons (Fsp3) is 0. The highest BCUT2D eigenvalue weighted by Gasteiger charge is 2.05. The van der Waals surface area contributed by atoms with E-state index in [1.807, 2.05) is 60.0 Å². The fourth-order valence-corrected chi connectivity index (χ4v) is 2.61. The van der Waals surface area contributed by atoms with E-state index in [-0.39, 0.29) is 0 Å². The Morgan fingerprint density at radius 1 is 0.947 bits per heavy atom. The van der Waals surface area contributed by atoms with Crippen LogP contribution in [0.3, 0.4) is 0 Å². The van der Waals surface area contributed by atoms with Crippen LogP contribution in [0.2, 0.25) is 0 Å². The molecule has 0 spiro atoms.